The van der Waals surface area contributed by atoms with Gasteiger partial charge in [-0.15, -0.1) is 0 Å². The first-order valence-electron chi connectivity index (χ1n) is 10.9. The molecule has 1 aliphatic rings. The van der Waals surface area contributed by atoms with Gasteiger partial charge in [-0.2, -0.15) is 0 Å². The molecule has 34 heavy (non-hydrogen) atoms. The highest BCUT2D eigenvalue weighted by Crippen LogP contribution is 2.30. The molecule has 1 atom stereocenters. The van der Waals surface area contributed by atoms with Crippen molar-refractivity contribution in [2.24, 2.45) is 5.92 Å². The Morgan fingerprint density at radius 1 is 1.06 bits per heavy atom. The lowest BCUT2D eigenvalue weighted by molar-refractivity contribution is -0.128. The molecule has 1 fully saturated rings. The number of sulfone groups is 1. The van der Waals surface area contributed by atoms with Crippen molar-refractivity contribution in [3.63, 3.8) is 0 Å². The minimum atomic E-state index is -3.04. The molecule has 0 bridgehead atoms. The van der Waals surface area contributed by atoms with E-state index >= 15 is 0 Å². The minimum Gasteiger partial charge on any atom is -0.287 e. The SMILES string of the molecule is Cc1ccc(-n2c(-c3ccccc3)cnc2SCC(=O)NNC(=O)C[C@@H]2CCS(=O)(=O)C2)cc1. The zero-order valence-electron chi connectivity index (χ0n) is 18.7. The molecule has 1 aromatic heterocycles. The number of nitrogens with zero attached hydrogens (tertiary/aromatic N) is 2. The molecule has 2 amide bonds. The molecule has 0 saturated carbocycles. The van der Waals surface area contributed by atoms with Crippen molar-refractivity contribution in [3.8, 4) is 16.9 Å². The van der Waals surface area contributed by atoms with Crippen LogP contribution in [-0.2, 0) is 19.4 Å². The molecular formula is C24H26N4O4S2. The van der Waals surface area contributed by atoms with Crippen molar-refractivity contribution in [1.82, 2.24) is 20.4 Å². The van der Waals surface area contributed by atoms with Crippen LogP contribution >= 0.6 is 11.8 Å². The van der Waals surface area contributed by atoms with E-state index in [2.05, 4.69) is 15.8 Å². The highest BCUT2D eigenvalue weighted by atomic mass is 32.2. The van der Waals surface area contributed by atoms with Gasteiger partial charge in [0.15, 0.2) is 15.0 Å². The van der Waals surface area contributed by atoms with Gasteiger partial charge in [0, 0.05) is 17.7 Å². The van der Waals surface area contributed by atoms with Crippen LogP contribution in [0.3, 0.4) is 0 Å². The summed E-state index contributed by atoms with van der Waals surface area (Å²) < 4.78 is 25.1. The maximum Gasteiger partial charge on any atom is 0.248 e. The van der Waals surface area contributed by atoms with E-state index < -0.39 is 15.7 Å². The third-order valence-corrected chi connectivity index (χ3v) is 8.36. The van der Waals surface area contributed by atoms with E-state index in [4.69, 9.17) is 0 Å². The molecule has 4 rings (SSSR count). The minimum absolute atomic E-state index is 0.0234. The van der Waals surface area contributed by atoms with Gasteiger partial charge in [0.2, 0.25) is 11.8 Å². The summed E-state index contributed by atoms with van der Waals surface area (Å²) in [7, 11) is -3.04. The second kappa shape index (κ2) is 10.4. The van der Waals surface area contributed by atoms with E-state index in [9.17, 15) is 18.0 Å². The summed E-state index contributed by atoms with van der Waals surface area (Å²) in [5, 5.41) is 0.653. The Kier molecular flexibility index (Phi) is 7.38. The zero-order chi connectivity index (χ0) is 24.1. The maximum atomic E-state index is 12.4. The smallest absolute Gasteiger partial charge is 0.248 e. The van der Waals surface area contributed by atoms with Crippen molar-refractivity contribution >= 4 is 33.4 Å². The molecule has 1 aliphatic heterocycles. The Balaban J connectivity index is 1.39. The number of hydrazine groups is 1. The number of hydrogen-bond acceptors (Lipinski definition) is 6. The number of benzene rings is 2. The van der Waals surface area contributed by atoms with Gasteiger partial charge in [0.05, 0.1) is 29.1 Å². The van der Waals surface area contributed by atoms with Crippen molar-refractivity contribution in [1.29, 1.82) is 0 Å². The molecule has 0 spiro atoms. The average molecular weight is 499 g/mol. The fourth-order valence-electron chi connectivity index (χ4n) is 3.84. The predicted molar refractivity (Wildman–Crippen MR) is 132 cm³/mol. The van der Waals surface area contributed by atoms with E-state index in [1.807, 2.05) is 66.1 Å². The molecular weight excluding hydrogens is 472 g/mol. The van der Waals surface area contributed by atoms with Crippen molar-refractivity contribution < 1.29 is 18.0 Å². The highest BCUT2D eigenvalue weighted by Gasteiger charge is 2.29. The van der Waals surface area contributed by atoms with Crippen molar-refractivity contribution in [3.05, 3.63) is 66.4 Å². The Labute approximate surface area is 203 Å². The number of nitrogens with one attached hydrogen (secondary N) is 2. The van der Waals surface area contributed by atoms with E-state index in [0.29, 0.717) is 11.6 Å². The second-order valence-electron chi connectivity index (χ2n) is 8.32. The predicted octanol–water partition coefficient (Wildman–Crippen LogP) is 2.91. The first-order valence-corrected chi connectivity index (χ1v) is 13.7. The summed E-state index contributed by atoms with van der Waals surface area (Å²) >= 11 is 1.26. The largest absolute Gasteiger partial charge is 0.287 e. The van der Waals surface area contributed by atoms with Gasteiger partial charge in [-0.1, -0.05) is 59.8 Å². The molecule has 2 aromatic carbocycles. The summed E-state index contributed by atoms with van der Waals surface area (Å²) in [5.74, 6) is -0.781. The summed E-state index contributed by atoms with van der Waals surface area (Å²) in [6.45, 7) is 2.02. The topological polar surface area (TPSA) is 110 Å². The van der Waals surface area contributed by atoms with E-state index in [0.717, 1.165) is 22.5 Å². The molecule has 3 aromatic rings. The quantitative estimate of drug-likeness (QED) is 0.383. The van der Waals surface area contributed by atoms with Crippen LogP contribution in [0.2, 0.25) is 0 Å². The van der Waals surface area contributed by atoms with Gasteiger partial charge in [-0.25, -0.2) is 13.4 Å². The van der Waals surface area contributed by atoms with Crippen LogP contribution in [-0.4, -0.2) is 47.0 Å². The lowest BCUT2D eigenvalue weighted by atomic mass is 10.1. The van der Waals surface area contributed by atoms with Gasteiger partial charge in [-0.3, -0.25) is 25.0 Å². The molecule has 0 radical (unpaired) electrons. The van der Waals surface area contributed by atoms with Crippen LogP contribution in [0.4, 0.5) is 0 Å². The van der Waals surface area contributed by atoms with Crippen molar-refractivity contribution in [2.75, 3.05) is 17.3 Å². The number of aromatic nitrogens is 2. The number of carbonyl (C=O) groups excluding carboxylic acids is 2. The van der Waals surface area contributed by atoms with E-state index in [-0.39, 0.29) is 35.5 Å². The van der Waals surface area contributed by atoms with Crippen molar-refractivity contribution in [2.45, 2.75) is 24.9 Å². The van der Waals surface area contributed by atoms with Gasteiger partial charge < -0.3 is 0 Å². The second-order valence-corrected chi connectivity index (χ2v) is 11.5. The van der Waals surface area contributed by atoms with Gasteiger partial charge in [0.1, 0.15) is 0 Å². The van der Waals surface area contributed by atoms with Crippen LogP contribution in [0.15, 0.2) is 66.0 Å². The standard InChI is InChI=1S/C24H26N4O4S2/c1-17-7-9-20(10-8-17)28-21(19-5-3-2-4-6-19)14-25-24(28)33-15-23(30)27-26-22(29)13-18-11-12-34(31,32)16-18/h2-10,14,18H,11-13,15-16H2,1H3,(H,26,29)(H,27,30)/t18-/m0/s1. The third kappa shape index (κ3) is 6.06. The van der Waals surface area contributed by atoms with Gasteiger partial charge in [0.25, 0.3) is 0 Å². The Hall–Kier alpha value is -3.11. The zero-order valence-corrected chi connectivity index (χ0v) is 20.4. The number of thioether (sulfide) groups is 1. The summed E-state index contributed by atoms with van der Waals surface area (Å²) in [4.78, 5) is 29.0. The average Bonchev–Trinajstić information content (AvgIpc) is 3.40. The number of amides is 2. The van der Waals surface area contributed by atoms with Crippen LogP contribution < -0.4 is 10.9 Å². The molecule has 0 aliphatic carbocycles. The molecule has 2 N–H and O–H groups in total. The highest BCUT2D eigenvalue weighted by molar-refractivity contribution is 7.99. The number of rotatable bonds is 7. The van der Waals surface area contributed by atoms with Crippen LogP contribution in [0.25, 0.3) is 16.9 Å². The normalized spacial score (nSPS) is 16.8. The van der Waals surface area contributed by atoms with Crippen LogP contribution in [0, 0.1) is 12.8 Å². The molecule has 0 unspecified atom stereocenters. The van der Waals surface area contributed by atoms with Crippen LogP contribution in [0.5, 0.6) is 0 Å². The van der Waals surface area contributed by atoms with E-state index in [1.165, 1.54) is 11.8 Å². The first kappa shape index (κ1) is 24.0. The number of hydrogen-bond donors (Lipinski definition) is 2. The third-order valence-electron chi connectivity index (χ3n) is 5.57. The summed E-state index contributed by atoms with van der Waals surface area (Å²) in [5.41, 5.74) is 8.78. The molecule has 8 nitrogen and oxygen atoms in total. The Morgan fingerprint density at radius 3 is 2.44 bits per heavy atom. The molecule has 178 valence electrons. The lowest BCUT2D eigenvalue weighted by Gasteiger charge is -2.13. The Morgan fingerprint density at radius 2 is 1.76 bits per heavy atom. The fraction of sp³-hybridized carbons (Fsp3) is 0.292. The molecule has 10 heteroatoms. The maximum absolute atomic E-state index is 12.4. The van der Waals surface area contributed by atoms with Gasteiger partial charge in [-0.05, 0) is 31.4 Å². The lowest BCUT2D eigenvalue weighted by Crippen LogP contribution is -2.43. The fourth-order valence-corrected chi connectivity index (χ4v) is 6.50. The first-order chi connectivity index (χ1) is 16.3. The molecule has 2 heterocycles. The van der Waals surface area contributed by atoms with Gasteiger partial charge >= 0.3 is 0 Å². The van der Waals surface area contributed by atoms with E-state index in [1.54, 1.807) is 6.20 Å². The number of imidazole rings is 1. The summed E-state index contributed by atoms with van der Waals surface area (Å²) in [6.07, 6.45) is 2.34. The van der Waals surface area contributed by atoms with Crippen LogP contribution in [0.1, 0.15) is 18.4 Å². The number of aryl methyl sites for hydroxylation is 1. The molecule has 1 saturated heterocycles. The monoisotopic (exact) mass is 498 g/mol. The number of carbonyl (C=O) groups is 2. The summed E-state index contributed by atoms with van der Waals surface area (Å²) in [6, 6.07) is 18.0. The Bertz CT molecular complexity index is 1270.